The van der Waals surface area contributed by atoms with Crippen LogP contribution in [0, 0.1) is 11.8 Å². The first kappa shape index (κ1) is 19.4. The summed E-state index contributed by atoms with van der Waals surface area (Å²) in [7, 11) is 1.61. The minimum absolute atomic E-state index is 0.00216. The maximum Gasteiger partial charge on any atom is 0.335 e. The third kappa shape index (κ3) is 3.58. The van der Waals surface area contributed by atoms with E-state index in [4.69, 9.17) is 14.9 Å². The first-order chi connectivity index (χ1) is 14.0. The van der Waals surface area contributed by atoms with E-state index in [-0.39, 0.29) is 23.3 Å². The number of hydrazone groups is 1. The first-order valence-electron chi connectivity index (χ1n) is 9.24. The zero-order chi connectivity index (χ0) is 20.5. The zero-order valence-corrected chi connectivity index (χ0v) is 17.3. The number of carboxylic acid groups (broad SMARTS) is 1. The van der Waals surface area contributed by atoms with Crippen LogP contribution in [-0.4, -0.2) is 29.8 Å². The van der Waals surface area contributed by atoms with Gasteiger partial charge in [-0.05, 0) is 76.8 Å². The van der Waals surface area contributed by atoms with Gasteiger partial charge in [-0.15, -0.1) is 0 Å². The Hall–Kier alpha value is -2.93. The molecule has 1 aliphatic carbocycles. The van der Waals surface area contributed by atoms with E-state index in [0.717, 1.165) is 27.9 Å². The van der Waals surface area contributed by atoms with Crippen molar-refractivity contribution in [2.45, 2.75) is 12.8 Å². The molecule has 1 heterocycles. The monoisotopic (exact) mass is 454 g/mol. The van der Waals surface area contributed by atoms with Crippen molar-refractivity contribution in [3.63, 3.8) is 0 Å². The van der Waals surface area contributed by atoms with Crippen LogP contribution < -0.4 is 9.75 Å². The standard InChI is InChI=1S/C22H19BrN2O4/c1-29-19-11-8-14(12-18(19)23)20-16-4-2-3-5-17(16)21(26)25(24-20)15-9-6-13(7-10-15)22(27)28/h2-3,6-12,16-17H,4-5H2,1H3,(H,27,28)/t16-,17+/m1/s1. The van der Waals surface area contributed by atoms with E-state index in [1.807, 2.05) is 24.3 Å². The Kier molecular flexibility index (Phi) is 5.24. The van der Waals surface area contributed by atoms with Crippen molar-refractivity contribution < 1.29 is 19.4 Å². The molecule has 0 spiro atoms. The van der Waals surface area contributed by atoms with E-state index >= 15 is 0 Å². The normalized spacial score (nSPS) is 20.8. The van der Waals surface area contributed by atoms with E-state index in [2.05, 4.69) is 22.0 Å². The van der Waals surface area contributed by atoms with Gasteiger partial charge in [0.1, 0.15) is 5.75 Å². The maximum absolute atomic E-state index is 13.2. The molecule has 4 rings (SSSR count). The number of hydrogen-bond acceptors (Lipinski definition) is 4. The molecule has 0 bridgehead atoms. The molecule has 0 fully saturated rings. The lowest BCUT2D eigenvalue weighted by atomic mass is 9.76. The molecule has 0 aromatic heterocycles. The van der Waals surface area contributed by atoms with Crippen molar-refractivity contribution in [2.24, 2.45) is 16.9 Å². The number of halogens is 1. The fourth-order valence-electron chi connectivity index (χ4n) is 3.81. The molecule has 148 valence electrons. The predicted octanol–water partition coefficient (Wildman–Crippen LogP) is 4.49. The molecule has 0 saturated heterocycles. The summed E-state index contributed by atoms with van der Waals surface area (Å²) in [4.78, 5) is 24.3. The molecule has 2 aliphatic rings. The van der Waals surface area contributed by atoms with Gasteiger partial charge in [0.05, 0.1) is 34.5 Å². The molecule has 1 aliphatic heterocycles. The molecule has 1 N–H and O–H groups in total. The fourth-order valence-corrected chi connectivity index (χ4v) is 4.35. The van der Waals surface area contributed by atoms with Gasteiger partial charge in [-0.2, -0.15) is 5.10 Å². The number of carbonyl (C=O) groups is 2. The minimum atomic E-state index is -1.01. The summed E-state index contributed by atoms with van der Waals surface area (Å²) in [6, 6.07) is 12.0. The zero-order valence-electron chi connectivity index (χ0n) is 15.7. The number of hydrogen-bond donors (Lipinski definition) is 1. The number of rotatable bonds is 4. The van der Waals surface area contributed by atoms with Crippen LogP contribution in [0.1, 0.15) is 28.8 Å². The Labute approximate surface area is 176 Å². The van der Waals surface area contributed by atoms with Crippen molar-refractivity contribution >= 4 is 39.2 Å². The van der Waals surface area contributed by atoms with E-state index in [1.54, 1.807) is 19.2 Å². The van der Waals surface area contributed by atoms with Crippen LogP contribution in [0.3, 0.4) is 0 Å². The number of benzene rings is 2. The highest BCUT2D eigenvalue weighted by Gasteiger charge is 2.40. The van der Waals surface area contributed by atoms with Gasteiger partial charge in [-0.3, -0.25) is 4.79 Å². The van der Waals surface area contributed by atoms with Crippen molar-refractivity contribution in [3.8, 4) is 5.75 Å². The van der Waals surface area contributed by atoms with Gasteiger partial charge in [0.25, 0.3) is 5.91 Å². The van der Waals surface area contributed by atoms with Crippen LogP contribution in [0.5, 0.6) is 5.75 Å². The summed E-state index contributed by atoms with van der Waals surface area (Å²) < 4.78 is 6.14. The number of methoxy groups -OCH3 is 1. The molecular formula is C22H19BrN2O4. The Morgan fingerprint density at radius 3 is 2.45 bits per heavy atom. The largest absolute Gasteiger partial charge is 0.496 e. The van der Waals surface area contributed by atoms with Gasteiger partial charge in [0, 0.05) is 5.92 Å². The number of nitrogens with zero attached hydrogens (tertiary/aromatic N) is 2. The number of allylic oxidation sites excluding steroid dienone is 2. The molecule has 29 heavy (non-hydrogen) atoms. The molecule has 7 heteroatoms. The SMILES string of the molecule is COc1ccc(C2=NN(c3ccc(C(=O)O)cc3)C(=O)[C@H]3CC=CC[C@@H]23)cc1Br. The van der Waals surface area contributed by atoms with E-state index in [0.29, 0.717) is 12.1 Å². The topological polar surface area (TPSA) is 79.2 Å². The number of fused-ring (bicyclic) bond motifs is 1. The van der Waals surface area contributed by atoms with Crippen LogP contribution in [0.15, 0.2) is 64.2 Å². The summed E-state index contributed by atoms with van der Waals surface area (Å²) in [5.74, 6) is -0.553. The third-order valence-corrected chi connectivity index (χ3v) is 5.94. The Balaban J connectivity index is 1.79. The number of amides is 1. The number of carboxylic acids is 1. The van der Waals surface area contributed by atoms with Crippen LogP contribution in [-0.2, 0) is 4.79 Å². The average Bonchev–Trinajstić information content (AvgIpc) is 2.74. The average molecular weight is 455 g/mol. The lowest BCUT2D eigenvalue weighted by molar-refractivity contribution is -0.123. The number of anilines is 1. The number of carbonyl (C=O) groups excluding carboxylic acids is 1. The second-order valence-corrected chi connectivity index (χ2v) is 7.85. The molecule has 2 atom stereocenters. The molecule has 6 nitrogen and oxygen atoms in total. The van der Waals surface area contributed by atoms with Crippen LogP contribution in [0.25, 0.3) is 0 Å². The highest BCUT2D eigenvalue weighted by molar-refractivity contribution is 9.10. The lowest BCUT2D eigenvalue weighted by Crippen LogP contribution is -2.45. The van der Waals surface area contributed by atoms with E-state index < -0.39 is 5.97 Å². The molecular weight excluding hydrogens is 436 g/mol. The van der Waals surface area contributed by atoms with Gasteiger partial charge >= 0.3 is 5.97 Å². The van der Waals surface area contributed by atoms with Gasteiger partial charge in [-0.1, -0.05) is 12.2 Å². The molecule has 0 radical (unpaired) electrons. The molecule has 2 aromatic rings. The summed E-state index contributed by atoms with van der Waals surface area (Å²) in [5.41, 5.74) is 2.48. The highest BCUT2D eigenvalue weighted by Crippen LogP contribution is 2.37. The van der Waals surface area contributed by atoms with Crippen molar-refractivity contribution in [2.75, 3.05) is 12.1 Å². The van der Waals surface area contributed by atoms with Crippen LogP contribution in [0.4, 0.5) is 5.69 Å². The summed E-state index contributed by atoms with van der Waals surface area (Å²) in [6.07, 6.45) is 5.55. The highest BCUT2D eigenvalue weighted by atomic mass is 79.9. The number of aromatic carboxylic acids is 1. The minimum Gasteiger partial charge on any atom is -0.496 e. The van der Waals surface area contributed by atoms with E-state index in [9.17, 15) is 9.59 Å². The van der Waals surface area contributed by atoms with Gasteiger partial charge < -0.3 is 9.84 Å². The van der Waals surface area contributed by atoms with Crippen molar-refractivity contribution in [3.05, 3.63) is 70.2 Å². The summed E-state index contributed by atoms with van der Waals surface area (Å²) in [5, 5.41) is 15.2. The summed E-state index contributed by atoms with van der Waals surface area (Å²) >= 11 is 3.53. The Morgan fingerprint density at radius 1 is 1.14 bits per heavy atom. The molecule has 0 unspecified atom stereocenters. The van der Waals surface area contributed by atoms with Gasteiger partial charge in [0.2, 0.25) is 0 Å². The molecule has 0 saturated carbocycles. The smallest absolute Gasteiger partial charge is 0.335 e. The second-order valence-electron chi connectivity index (χ2n) is 6.99. The summed E-state index contributed by atoms with van der Waals surface area (Å²) in [6.45, 7) is 0. The second kappa shape index (κ2) is 7.83. The third-order valence-electron chi connectivity index (χ3n) is 5.32. The first-order valence-corrected chi connectivity index (χ1v) is 10.0. The van der Waals surface area contributed by atoms with Crippen LogP contribution in [0.2, 0.25) is 0 Å². The fraction of sp³-hybridized carbons (Fsp3) is 0.227. The molecule has 2 aromatic carbocycles. The van der Waals surface area contributed by atoms with E-state index in [1.165, 1.54) is 17.1 Å². The Bertz CT molecular complexity index is 1030. The van der Waals surface area contributed by atoms with Crippen molar-refractivity contribution in [1.29, 1.82) is 0 Å². The quantitative estimate of drug-likeness (QED) is 0.690. The van der Waals surface area contributed by atoms with Gasteiger partial charge in [-0.25, -0.2) is 9.80 Å². The van der Waals surface area contributed by atoms with Crippen molar-refractivity contribution in [1.82, 2.24) is 0 Å². The van der Waals surface area contributed by atoms with Gasteiger partial charge in [0.15, 0.2) is 0 Å². The number of ether oxygens (including phenoxy) is 1. The molecule has 1 amide bonds. The maximum atomic E-state index is 13.2. The predicted molar refractivity (Wildman–Crippen MR) is 113 cm³/mol. The lowest BCUT2D eigenvalue weighted by Gasteiger charge is -2.37. The Morgan fingerprint density at radius 2 is 1.83 bits per heavy atom. The van der Waals surface area contributed by atoms with Crippen LogP contribution >= 0.6 is 15.9 Å².